The van der Waals surface area contributed by atoms with Crippen LogP contribution in [0, 0.1) is 11.3 Å². The summed E-state index contributed by atoms with van der Waals surface area (Å²) in [5.74, 6) is -1.05. The number of nitriles is 1. The van der Waals surface area contributed by atoms with Crippen molar-refractivity contribution >= 4 is 45.3 Å². The predicted molar refractivity (Wildman–Crippen MR) is 214 cm³/mol. The molecule has 2 aromatic heterocycles. The molecule has 55 heavy (non-hydrogen) atoms. The van der Waals surface area contributed by atoms with Crippen LogP contribution in [0.4, 0.5) is 5.69 Å². The van der Waals surface area contributed by atoms with E-state index < -0.39 is 11.8 Å². The number of nitrogens with one attached hydrogen (secondary N) is 1. The third kappa shape index (κ3) is 7.41. The van der Waals surface area contributed by atoms with Crippen LogP contribution in [0.3, 0.4) is 0 Å². The summed E-state index contributed by atoms with van der Waals surface area (Å²) in [4.78, 5) is 44.6. The number of carbonyl (C=O) groups excluding carboxylic acids is 3. The van der Waals surface area contributed by atoms with Crippen molar-refractivity contribution in [2.24, 2.45) is 0 Å². The number of imide groups is 1. The van der Waals surface area contributed by atoms with Crippen molar-refractivity contribution < 1.29 is 18.8 Å². The predicted octanol–water partition coefficient (Wildman–Crippen LogP) is 8.33. The zero-order valence-corrected chi connectivity index (χ0v) is 30.3. The van der Waals surface area contributed by atoms with E-state index in [9.17, 15) is 19.6 Å². The molecule has 1 fully saturated rings. The van der Waals surface area contributed by atoms with Crippen molar-refractivity contribution in [2.75, 3.05) is 37.6 Å². The Kier molecular flexibility index (Phi) is 10.1. The molecular formula is C46H39N5O4. The smallest absolute Gasteiger partial charge is 0.294 e. The molecule has 7 aromatic rings. The molecule has 8 rings (SSSR count). The number of piperazine rings is 1. The van der Waals surface area contributed by atoms with Gasteiger partial charge in [-0.25, -0.2) is 0 Å². The van der Waals surface area contributed by atoms with E-state index in [-0.39, 0.29) is 11.7 Å². The highest BCUT2D eigenvalue weighted by Crippen LogP contribution is 2.37. The number of benzene rings is 5. The van der Waals surface area contributed by atoms with Crippen LogP contribution < -0.4 is 10.2 Å². The summed E-state index contributed by atoms with van der Waals surface area (Å²) in [5, 5.41) is 13.8. The van der Waals surface area contributed by atoms with Crippen molar-refractivity contribution in [3.63, 3.8) is 0 Å². The quantitative estimate of drug-likeness (QED) is 0.112. The Balaban J connectivity index is 0.922. The highest BCUT2D eigenvalue weighted by Gasteiger charge is 2.26. The van der Waals surface area contributed by atoms with Gasteiger partial charge in [-0.15, -0.1) is 0 Å². The Hall–Kier alpha value is -6.76. The fourth-order valence-corrected chi connectivity index (χ4v) is 7.49. The van der Waals surface area contributed by atoms with Gasteiger partial charge in [-0.3, -0.25) is 29.2 Å². The van der Waals surface area contributed by atoms with Gasteiger partial charge in [-0.2, -0.15) is 5.26 Å². The topological polar surface area (TPSA) is 112 Å². The zero-order chi connectivity index (χ0) is 37.7. The number of carbonyl (C=O) groups is 3. The molecular weight excluding hydrogens is 687 g/mol. The zero-order valence-electron chi connectivity index (χ0n) is 30.3. The maximum atomic E-state index is 13.5. The minimum absolute atomic E-state index is 0.0797. The largest absolute Gasteiger partial charge is 0.450 e. The van der Waals surface area contributed by atoms with E-state index in [4.69, 9.17) is 4.42 Å². The fraction of sp³-hybridized carbons (Fsp3) is 0.174. The number of unbranched alkanes of at least 4 members (excludes halogenated alkanes) is 1. The summed E-state index contributed by atoms with van der Waals surface area (Å²) in [6.45, 7) is 4.52. The summed E-state index contributed by atoms with van der Waals surface area (Å²) in [7, 11) is 0. The molecule has 0 bridgehead atoms. The molecule has 0 aliphatic carbocycles. The van der Waals surface area contributed by atoms with Crippen molar-refractivity contribution in [3.05, 3.63) is 162 Å². The maximum Gasteiger partial charge on any atom is 0.294 e. The molecule has 272 valence electrons. The van der Waals surface area contributed by atoms with Gasteiger partial charge in [0.15, 0.2) is 0 Å². The molecule has 9 heteroatoms. The molecule has 0 saturated carbocycles. The fourth-order valence-electron chi connectivity index (χ4n) is 7.49. The van der Waals surface area contributed by atoms with Gasteiger partial charge in [0.25, 0.3) is 17.7 Å². The molecule has 5 aromatic carbocycles. The number of furan rings is 1. The van der Waals surface area contributed by atoms with Crippen molar-refractivity contribution in [1.82, 2.24) is 14.8 Å². The molecule has 2 amide bonds. The lowest BCUT2D eigenvalue weighted by Gasteiger charge is -2.36. The highest BCUT2D eigenvalue weighted by atomic mass is 16.3. The summed E-state index contributed by atoms with van der Waals surface area (Å²) in [5.41, 5.74) is 6.62. The van der Waals surface area contributed by atoms with Crippen LogP contribution in [0.15, 0.2) is 138 Å². The van der Waals surface area contributed by atoms with Gasteiger partial charge in [0.2, 0.25) is 5.76 Å². The minimum Gasteiger partial charge on any atom is -0.450 e. The third-order valence-corrected chi connectivity index (χ3v) is 10.4. The average molecular weight is 726 g/mol. The molecule has 1 N–H and O–H groups in total. The molecule has 1 aliphatic heterocycles. The van der Waals surface area contributed by atoms with E-state index in [1.54, 1.807) is 34.9 Å². The molecule has 0 spiro atoms. The lowest BCUT2D eigenvalue weighted by atomic mass is 10.0. The number of rotatable bonds is 10. The first-order valence-corrected chi connectivity index (χ1v) is 18.6. The van der Waals surface area contributed by atoms with Gasteiger partial charge in [0.1, 0.15) is 5.58 Å². The first kappa shape index (κ1) is 35.3. The SMILES string of the molecule is N#Cc1ccc2c(c1)c(CCCCN1CCN(c3ccc4oc(C(=O)NC(=O)c5ccccc5)c(-c5ccccc5)c4c3)CC1)cn2C(=O)c1ccccc1. The van der Waals surface area contributed by atoms with Gasteiger partial charge < -0.3 is 9.32 Å². The monoisotopic (exact) mass is 725 g/mol. The molecule has 9 nitrogen and oxygen atoms in total. The Morgan fingerprint density at radius 2 is 1.40 bits per heavy atom. The average Bonchev–Trinajstić information content (AvgIpc) is 3.81. The van der Waals surface area contributed by atoms with Crippen LogP contribution in [-0.4, -0.2) is 59.9 Å². The number of aryl methyl sites for hydroxylation is 1. The number of hydrogen-bond acceptors (Lipinski definition) is 7. The standard InChI is InChI=1S/C46H39N5O4/c47-30-32-19-21-40-38(28-32)36(31-51(40)46(54)35-16-8-3-9-17-35)18-10-11-23-49-24-26-50(27-25-49)37-20-22-41-39(29-37)42(33-12-4-1-5-13-33)43(55-41)45(53)48-44(52)34-14-6-2-7-15-34/h1-9,12-17,19-22,28-29,31H,10-11,18,23-27H2,(H,48,52,53). The first-order chi connectivity index (χ1) is 27.0. The van der Waals surface area contributed by atoms with Gasteiger partial charge in [-0.1, -0.05) is 66.7 Å². The maximum absolute atomic E-state index is 13.5. The van der Waals surface area contributed by atoms with E-state index in [2.05, 4.69) is 27.3 Å². The van der Waals surface area contributed by atoms with E-state index in [1.165, 1.54) is 0 Å². The van der Waals surface area contributed by atoms with Crippen LogP contribution in [0.25, 0.3) is 33.0 Å². The second-order valence-corrected chi connectivity index (χ2v) is 13.8. The van der Waals surface area contributed by atoms with E-state index in [1.807, 2.05) is 97.2 Å². The molecule has 0 radical (unpaired) electrons. The minimum atomic E-state index is -0.586. The van der Waals surface area contributed by atoms with E-state index in [0.717, 1.165) is 85.1 Å². The molecule has 0 unspecified atom stereocenters. The summed E-state index contributed by atoms with van der Waals surface area (Å²) >= 11 is 0. The van der Waals surface area contributed by atoms with Crippen LogP contribution >= 0.6 is 0 Å². The molecule has 1 aliphatic rings. The number of amides is 2. The van der Waals surface area contributed by atoms with Crippen molar-refractivity contribution in [2.45, 2.75) is 19.3 Å². The van der Waals surface area contributed by atoms with E-state index in [0.29, 0.717) is 27.8 Å². The second kappa shape index (κ2) is 15.7. The number of anilines is 1. The van der Waals surface area contributed by atoms with E-state index >= 15 is 0 Å². The Morgan fingerprint density at radius 3 is 2.11 bits per heavy atom. The van der Waals surface area contributed by atoms with Gasteiger partial charge in [0.05, 0.1) is 17.1 Å². The normalized spacial score (nSPS) is 13.2. The lowest BCUT2D eigenvalue weighted by Crippen LogP contribution is -2.46. The number of hydrogen-bond donors (Lipinski definition) is 1. The van der Waals surface area contributed by atoms with Crippen molar-refractivity contribution in [3.8, 4) is 17.2 Å². The van der Waals surface area contributed by atoms with Crippen LogP contribution in [0.2, 0.25) is 0 Å². The molecule has 1 saturated heterocycles. The summed E-state index contributed by atoms with van der Waals surface area (Å²) in [6.07, 6.45) is 4.73. The third-order valence-electron chi connectivity index (χ3n) is 10.4. The molecule has 0 atom stereocenters. The number of fused-ring (bicyclic) bond motifs is 2. The Bertz CT molecular complexity index is 2540. The lowest BCUT2D eigenvalue weighted by molar-refractivity contribution is 0.0833. The van der Waals surface area contributed by atoms with Crippen molar-refractivity contribution in [1.29, 1.82) is 5.26 Å². The molecule has 3 heterocycles. The van der Waals surface area contributed by atoms with Crippen LogP contribution in [-0.2, 0) is 6.42 Å². The summed E-state index contributed by atoms with van der Waals surface area (Å²) in [6, 6.07) is 41.4. The Labute approximate surface area is 319 Å². The van der Waals surface area contributed by atoms with Crippen LogP contribution in [0.1, 0.15) is 55.2 Å². The van der Waals surface area contributed by atoms with Gasteiger partial charge in [0, 0.05) is 65.5 Å². The summed E-state index contributed by atoms with van der Waals surface area (Å²) < 4.78 is 7.86. The van der Waals surface area contributed by atoms with Gasteiger partial charge >= 0.3 is 0 Å². The number of aromatic nitrogens is 1. The second-order valence-electron chi connectivity index (χ2n) is 13.8. The van der Waals surface area contributed by atoms with Crippen LogP contribution in [0.5, 0.6) is 0 Å². The first-order valence-electron chi connectivity index (χ1n) is 18.6. The highest BCUT2D eigenvalue weighted by molar-refractivity contribution is 6.15. The van der Waals surface area contributed by atoms with Gasteiger partial charge in [-0.05, 0) is 97.6 Å². The number of nitrogens with zero attached hydrogens (tertiary/aromatic N) is 4. The Morgan fingerprint density at radius 1 is 0.709 bits per heavy atom.